The number of aromatic nitrogens is 5. The minimum absolute atomic E-state index is 0.0744. The maximum absolute atomic E-state index is 12.3. The molecule has 0 fully saturated rings. The average Bonchev–Trinajstić information content (AvgIpc) is 3.09. The van der Waals surface area contributed by atoms with Gasteiger partial charge in [0.1, 0.15) is 12.0 Å². The van der Waals surface area contributed by atoms with Gasteiger partial charge in [0.15, 0.2) is 5.16 Å². The van der Waals surface area contributed by atoms with E-state index in [1.807, 2.05) is 41.8 Å². The van der Waals surface area contributed by atoms with Gasteiger partial charge in [-0.1, -0.05) is 36.0 Å². The number of thioether (sulfide) groups is 1. The lowest BCUT2D eigenvalue weighted by Crippen LogP contribution is -2.15. The van der Waals surface area contributed by atoms with Crippen molar-refractivity contribution >= 4 is 17.4 Å². The van der Waals surface area contributed by atoms with E-state index in [0.717, 1.165) is 27.7 Å². The fourth-order valence-electron chi connectivity index (χ4n) is 2.79. The number of aryl methyl sites for hydroxylation is 2. The molecule has 0 unspecified atom stereocenters. The third-order valence-electron chi connectivity index (χ3n) is 4.10. The van der Waals surface area contributed by atoms with Crippen LogP contribution in [0.15, 0.2) is 64.9 Å². The third kappa shape index (κ3) is 3.13. The molecule has 3 aromatic heterocycles. The summed E-state index contributed by atoms with van der Waals surface area (Å²) in [5.41, 5.74) is 4.51. The van der Waals surface area contributed by atoms with Gasteiger partial charge in [0.25, 0.3) is 5.56 Å². The Morgan fingerprint density at radius 3 is 2.81 bits per heavy atom. The number of para-hydroxylation sites is 1. The second-order valence-corrected chi connectivity index (χ2v) is 7.02. The van der Waals surface area contributed by atoms with Gasteiger partial charge in [0.2, 0.25) is 0 Å². The first kappa shape index (κ1) is 16.5. The largest absolute Gasteiger partial charge is 0.276 e. The van der Waals surface area contributed by atoms with Gasteiger partial charge in [-0.25, -0.2) is 4.98 Å². The van der Waals surface area contributed by atoms with Crippen LogP contribution >= 0.6 is 11.8 Å². The number of nitrogens with zero attached hydrogens (tertiary/aromatic N) is 5. The second kappa shape index (κ2) is 6.76. The van der Waals surface area contributed by atoms with E-state index in [0.29, 0.717) is 11.4 Å². The van der Waals surface area contributed by atoms with Crippen molar-refractivity contribution in [2.45, 2.75) is 24.8 Å². The zero-order valence-electron chi connectivity index (χ0n) is 14.5. The van der Waals surface area contributed by atoms with E-state index < -0.39 is 0 Å². The molecular weight excluding hydrogens is 346 g/mol. The van der Waals surface area contributed by atoms with Gasteiger partial charge < -0.3 is 0 Å². The van der Waals surface area contributed by atoms with E-state index in [1.54, 1.807) is 23.0 Å². The summed E-state index contributed by atoms with van der Waals surface area (Å²) in [6, 6.07) is 13.5. The first-order valence-corrected chi connectivity index (χ1v) is 9.18. The van der Waals surface area contributed by atoms with Crippen molar-refractivity contribution in [3.05, 3.63) is 82.2 Å². The van der Waals surface area contributed by atoms with Crippen LogP contribution in [0.5, 0.6) is 0 Å². The molecule has 6 nitrogen and oxygen atoms in total. The molecule has 0 bridgehead atoms. The SMILES string of the molecule is Cc1ccc2nc(CSc3nncn3-c3ccccc3C)cc(=O)n2c1. The summed E-state index contributed by atoms with van der Waals surface area (Å²) >= 11 is 1.51. The molecule has 4 aromatic rings. The van der Waals surface area contributed by atoms with E-state index in [1.165, 1.54) is 11.8 Å². The molecule has 0 amide bonds. The number of hydrogen-bond acceptors (Lipinski definition) is 5. The highest BCUT2D eigenvalue weighted by Crippen LogP contribution is 2.24. The van der Waals surface area contributed by atoms with Crippen LogP contribution in [0.4, 0.5) is 0 Å². The average molecular weight is 363 g/mol. The van der Waals surface area contributed by atoms with Crippen molar-refractivity contribution in [1.82, 2.24) is 24.1 Å². The lowest BCUT2D eigenvalue weighted by atomic mass is 10.2. The fraction of sp³-hybridized carbons (Fsp3) is 0.158. The zero-order valence-corrected chi connectivity index (χ0v) is 15.3. The van der Waals surface area contributed by atoms with Crippen LogP contribution in [-0.2, 0) is 5.75 Å². The Hall–Kier alpha value is -2.93. The summed E-state index contributed by atoms with van der Waals surface area (Å²) < 4.78 is 3.52. The van der Waals surface area contributed by atoms with Gasteiger partial charge in [-0.05, 0) is 37.1 Å². The van der Waals surface area contributed by atoms with Crippen LogP contribution < -0.4 is 5.56 Å². The highest BCUT2D eigenvalue weighted by atomic mass is 32.2. The van der Waals surface area contributed by atoms with Crippen molar-refractivity contribution in [2.75, 3.05) is 0 Å². The molecule has 0 atom stereocenters. The van der Waals surface area contributed by atoms with E-state index in [2.05, 4.69) is 28.2 Å². The van der Waals surface area contributed by atoms with E-state index >= 15 is 0 Å². The Labute approximate surface area is 154 Å². The lowest BCUT2D eigenvalue weighted by molar-refractivity contribution is 0.876. The summed E-state index contributed by atoms with van der Waals surface area (Å²) in [7, 11) is 0. The number of pyridine rings is 1. The Morgan fingerprint density at radius 2 is 1.96 bits per heavy atom. The fourth-order valence-corrected chi connectivity index (χ4v) is 3.61. The normalized spacial score (nSPS) is 11.2. The molecule has 0 aliphatic heterocycles. The molecule has 130 valence electrons. The Bertz CT molecular complexity index is 1150. The van der Waals surface area contributed by atoms with Crippen LogP contribution in [0.25, 0.3) is 11.3 Å². The molecule has 0 spiro atoms. The molecular formula is C19H17N5OS. The monoisotopic (exact) mass is 363 g/mol. The van der Waals surface area contributed by atoms with Crippen molar-refractivity contribution in [2.24, 2.45) is 0 Å². The summed E-state index contributed by atoms with van der Waals surface area (Å²) in [5, 5.41) is 9.01. The molecule has 26 heavy (non-hydrogen) atoms. The van der Waals surface area contributed by atoms with Crippen LogP contribution in [0.1, 0.15) is 16.8 Å². The van der Waals surface area contributed by atoms with Crippen LogP contribution in [0.3, 0.4) is 0 Å². The van der Waals surface area contributed by atoms with Gasteiger partial charge >= 0.3 is 0 Å². The molecule has 0 radical (unpaired) electrons. The molecule has 4 rings (SSSR count). The van der Waals surface area contributed by atoms with Crippen LogP contribution in [0.2, 0.25) is 0 Å². The van der Waals surface area contributed by atoms with Gasteiger partial charge in [-0.2, -0.15) is 0 Å². The predicted octanol–water partition coefficient (Wildman–Crippen LogP) is 3.18. The molecule has 3 heterocycles. The van der Waals surface area contributed by atoms with Crippen LogP contribution in [-0.4, -0.2) is 24.1 Å². The van der Waals surface area contributed by atoms with Crippen LogP contribution in [0, 0.1) is 13.8 Å². The van der Waals surface area contributed by atoms with Gasteiger partial charge in [-0.15, -0.1) is 10.2 Å². The summed E-state index contributed by atoms with van der Waals surface area (Å²) in [6.07, 6.45) is 3.51. The first-order valence-electron chi connectivity index (χ1n) is 8.19. The van der Waals surface area contributed by atoms with E-state index in [9.17, 15) is 4.79 Å². The van der Waals surface area contributed by atoms with Gasteiger partial charge in [-0.3, -0.25) is 13.8 Å². The number of fused-ring (bicyclic) bond motifs is 1. The number of benzene rings is 1. The van der Waals surface area contributed by atoms with Crippen molar-refractivity contribution in [1.29, 1.82) is 0 Å². The quantitative estimate of drug-likeness (QED) is 0.521. The van der Waals surface area contributed by atoms with Gasteiger partial charge in [0.05, 0.1) is 11.4 Å². The number of rotatable bonds is 4. The highest BCUT2D eigenvalue weighted by molar-refractivity contribution is 7.98. The molecule has 0 aliphatic carbocycles. The van der Waals surface area contributed by atoms with Crippen molar-refractivity contribution in [3.8, 4) is 5.69 Å². The summed E-state index contributed by atoms with van der Waals surface area (Å²) in [5.74, 6) is 0.546. The molecule has 7 heteroatoms. The standard InChI is InChI=1S/C19H17N5OS/c1-13-7-8-17-21-15(9-18(25)23(17)10-13)11-26-19-22-20-12-24(19)16-6-4-3-5-14(16)2/h3-10,12H,11H2,1-2H3. The molecule has 1 aromatic carbocycles. The molecule has 0 aliphatic rings. The van der Waals surface area contributed by atoms with E-state index in [4.69, 9.17) is 0 Å². The number of hydrogen-bond donors (Lipinski definition) is 0. The minimum Gasteiger partial charge on any atom is -0.276 e. The molecule has 0 saturated heterocycles. The maximum atomic E-state index is 12.3. The first-order chi connectivity index (χ1) is 12.6. The smallest absolute Gasteiger partial charge is 0.258 e. The Kier molecular flexibility index (Phi) is 4.30. The van der Waals surface area contributed by atoms with Crippen molar-refractivity contribution < 1.29 is 0 Å². The highest BCUT2D eigenvalue weighted by Gasteiger charge is 2.10. The Morgan fingerprint density at radius 1 is 1.12 bits per heavy atom. The lowest BCUT2D eigenvalue weighted by Gasteiger charge is -2.09. The summed E-state index contributed by atoms with van der Waals surface area (Å²) in [6.45, 7) is 4.01. The maximum Gasteiger partial charge on any atom is 0.258 e. The third-order valence-corrected chi connectivity index (χ3v) is 5.08. The topological polar surface area (TPSA) is 65.1 Å². The summed E-state index contributed by atoms with van der Waals surface area (Å²) in [4.78, 5) is 16.9. The Balaban J connectivity index is 1.62. The minimum atomic E-state index is -0.0744. The second-order valence-electron chi connectivity index (χ2n) is 6.08. The van der Waals surface area contributed by atoms with Gasteiger partial charge in [0, 0.05) is 18.0 Å². The molecule has 0 N–H and O–H groups in total. The van der Waals surface area contributed by atoms with E-state index in [-0.39, 0.29) is 5.56 Å². The zero-order chi connectivity index (χ0) is 18.1. The van der Waals surface area contributed by atoms with Crippen molar-refractivity contribution in [3.63, 3.8) is 0 Å². The molecule has 0 saturated carbocycles. The predicted molar refractivity (Wildman–Crippen MR) is 102 cm³/mol.